The molecule has 0 spiro atoms. The lowest BCUT2D eigenvalue weighted by atomic mass is 10.4. The van der Waals surface area contributed by atoms with Crippen molar-refractivity contribution in [3.8, 4) is 0 Å². The zero-order valence-corrected chi connectivity index (χ0v) is 11.3. The quantitative estimate of drug-likeness (QED) is 0.319. The third kappa shape index (κ3) is 10.8. The van der Waals surface area contributed by atoms with E-state index >= 15 is 0 Å². The second kappa shape index (κ2) is 9.93. The Bertz CT molecular complexity index is 337. The molecule has 108 valence electrons. The molecule has 0 aromatic heterocycles. The molecule has 0 fully saturated rings. The van der Waals surface area contributed by atoms with E-state index < -0.39 is 18.0 Å². The molecule has 0 radical (unpaired) electrons. The van der Waals surface area contributed by atoms with E-state index in [1.807, 2.05) is 0 Å². The summed E-state index contributed by atoms with van der Waals surface area (Å²) in [6.45, 7) is 3.95. The van der Waals surface area contributed by atoms with Crippen LogP contribution in [-0.2, 0) is 23.8 Å². The van der Waals surface area contributed by atoms with Crippen LogP contribution in [0.3, 0.4) is 0 Å². The number of ether oxygens (including phenoxy) is 3. The van der Waals surface area contributed by atoms with Gasteiger partial charge in [0.1, 0.15) is 0 Å². The normalized spacial score (nSPS) is 10.3. The van der Waals surface area contributed by atoms with E-state index in [0.29, 0.717) is 13.0 Å². The topological polar surface area (TPSA) is 90.9 Å². The van der Waals surface area contributed by atoms with E-state index in [0.717, 1.165) is 12.2 Å². The van der Waals surface area contributed by atoms with Crippen LogP contribution in [-0.4, -0.2) is 44.4 Å². The van der Waals surface area contributed by atoms with E-state index in [9.17, 15) is 14.4 Å². The average Bonchev–Trinajstić information content (AvgIpc) is 2.34. The molecule has 7 heteroatoms. The van der Waals surface area contributed by atoms with E-state index in [4.69, 9.17) is 9.47 Å². The molecule has 0 saturated heterocycles. The lowest BCUT2D eigenvalue weighted by Crippen LogP contribution is -2.28. The third-order valence-corrected chi connectivity index (χ3v) is 1.73. The van der Waals surface area contributed by atoms with E-state index in [-0.39, 0.29) is 12.7 Å². The Labute approximate surface area is 111 Å². The molecular formula is C12H19NO6. The number of esters is 2. The van der Waals surface area contributed by atoms with Gasteiger partial charge in [0, 0.05) is 18.7 Å². The Morgan fingerprint density at radius 3 is 2.37 bits per heavy atom. The molecule has 1 N–H and O–H groups in total. The lowest BCUT2D eigenvalue weighted by Gasteiger charge is -2.09. The number of hydrogen-bond donors (Lipinski definition) is 1. The molecule has 0 saturated carbocycles. The Balaban J connectivity index is 3.59. The third-order valence-electron chi connectivity index (χ3n) is 1.73. The molecule has 7 nitrogen and oxygen atoms in total. The van der Waals surface area contributed by atoms with Gasteiger partial charge in [0.2, 0.25) is 0 Å². The van der Waals surface area contributed by atoms with Crippen LogP contribution < -0.4 is 5.32 Å². The first-order valence-corrected chi connectivity index (χ1v) is 5.83. The molecule has 0 bridgehead atoms. The van der Waals surface area contributed by atoms with Crippen LogP contribution in [0.5, 0.6) is 0 Å². The number of hydrogen-bond acceptors (Lipinski definition) is 6. The van der Waals surface area contributed by atoms with Gasteiger partial charge in [-0.1, -0.05) is 0 Å². The number of carbonyl (C=O) groups is 3. The van der Waals surface area contributed by atoms with Crippen molar-refractivity contribution in [1.29, 1.82) is 0 Å². The first-order chi connectivity index (χ1) is 8.95. The van der Waals surface area contributed by atoms with Crippen LogP contribution >= 0.6 is 0 Å². The summed E-state index contributed by atoms with van der Waals surface area (Å²) in [7, 11) is 1.21. The lowest BCUT2D eigenvalue weighted by molar-refractivity contribution is -0.139. The van der Waals surface area contributed by atoms with Crippen molar-refractivity contribution in [2.24, 2.45) is 0 Å². The van der Waals surface area contributed by atoms with Crippen LogP contribution in [0.2, 0.25) is 0 Å². The standard InChI is InChI=1S/C12H19NO6/c1-9(2)19-12(16)13-7-4-8-18-11(15)6-5-10(14)17-3/h5-6,9H,4,7-8H2,1-3H3,(H,13,16)/b6-5+. The van der Waals surface area contributed by atoms with Gasteiger partial charge in [-0.2, -0.15) is 0 Å². The monoisotopic (exact) mass is 273 g/mol. The van der Waals surface area contributed by atoms with Crippen LogP contribution in [0, 0.1) is 0 Å². The second-order valence-electron chi connectivity index (χ2n) is 3.76. The molecule has 0 atom stereocenters. The summed E-state index contributed by atoms with van der Waals surface area (Å²) in [4.78, 5) is 32.8. The highest BCUT2D eigenvalue weighted by Gasteiger charge is 2.04. The van der Waals surface area contributed by atoms with E-state index in [1.54, 1.807) is 13.8 Å². The molecule has 0 aliphatic heterocycles. The molecular weight excluding hydrogens is 254 g/mol. The van der Waals surface area contributed by atoms with Gasteiger partial charge in [0.15, 0.2) is 0 Å². The van der Waals surface area contributed by atoms with Crippen LogP contribution in [0.15, 0.2) is 12.2 Å². The Hall–Kier alpha value is -2.05. The van der Waals surface area contributed by atoms with Crippen molar-refractivity contribution < 1.29 is 28.6 Å². The maximum atomic E-state index is 11.1. The minimum absolute atomic E-state index is 0.131. The highest BCUT2D eigenvalue weighted by Crippen LogP contribution is 1.90. The largest absolute Gasteiger partial charge is 0.466 e. The predicted octanol–water partition coefficient (Wildman–Crippen LogP) is 0.783. The molecule has 0 unspecified atom stereocenters. The molecule has 0 aromatic rings. The highest BCUT2D eigenvalue weighted by atomic mass is 16.6. The van der Waals surface area contributed by atoms with Gasteiger partial charge in [-0.25, -0.2) is 14.4 Å². The predicted molar refractivity (Wildman–Crippen MR) is 66.4 cm³/mol. The summed E-state index contributed by atoms with van der Waals surface area (Å²) < 4.78 is 13.9. The number of alkyl carbamates (subject to hydrolysis) is 1. The fourth-order valence-electron chi connectivity index (χ4n) is 0.943. The van der Waals surface area contributed by atoms with Crippen molar-refractivity contribution in [3.05, 3.63) is 12.2 Å². The van der Waals surface area contributed by atoms with Gasteiger partial charge in [-0.15, -0.1) is 0 Å². The first-order valence-electron chi connectivity index (χ1n) is 5.83. The van der Waals surface area contributed by atoms with Gasteiger partial charge in [0.05, 0.1) is 19.8 Å². The minimum Gasteiger partial charge on any atom is -0.466 e. The molecule has 0 aliphatic rings. The fourth-order valence-corrected chi connectivity index (χ4v) is 0.943. The minimum atomic E-state index is -0.643. The van der Waals surface area contributed by atoms with Crippen molar-refractivity contribution in [2.75, 3.05) is 20.3 Å². The number of amides is 1. The Morgan fingerprint density at radius 1 is 1.16 bits per heavy atom. The zero-order chi connectivity index (χ0) is 14.7. The SMILES string of the molecule is COC(=O)/C=C/C(=O)OCCCNC(=O)OC(C)C. The zero-order valence-electron chi connectivity index (χ0n) is 11.3. The summed E-state index contributed by atoms with van der Waals surface area (Å²) in [6, 6.07) is 0. The van der Waals surface area contributed by atoms with Crippen molar-refractivity contribution >= 4 is 18.0 Å². The fraction of sp³-hybridized carbons (Fsp3) is 0.583. The number of carbonyl (C=O) groups excluding carboxylic acids is 3. The highest BCUT2D eigenvalue weighted by molar-refractivity contribution is 5.91. The van der Waals surface area contributed by atoms with Gasteiger partial charge >= 0.3 is 18.0 Å². The second-order valence-corrected chi connectivity index (χ2v) is 3.76. The summed E-state index contributed by atoms with van der Waals surface area (Å²) in [5.74, 6) is -1.27. The number of nitrogens with one attached hydrogen (secondary N) is 1. The smallest absolute Gasteiger partial charge is 0.407 e. The van der Waals surface area contributed by atoms with Crippen LogP contribution in [0.25, 0.3) is 0 Å². The van der Waals surface area contributed by atoms with Crippen molar-refractivity contribution in [2.45, 2.75) is 26.4 Å². The van der Waals surface area contributed by atoms with Crippen molar-refractivity contribution in [1.82, 2.24) is 5.32 Å². The molecule has 0 rings (SSSR count). The van der Waals surface area contributed by atoms with Crippen molar-refractivity contribution in [3.63, 3.8) is 0 Å². The molecule has 0 aliphatic carbocycles. The van der Waals surface area contributed by atoms with Crippen LogP contribution in [0.1, 0.15) is 20.3 Å². The summed E-state index contributed by atoms with van der Waals surface area (Å²) in [5, 5.41) is 2.50. The van der Waals surface area contributed by atoms with E-state index in [2.05, 4.69) is 10.1 Å². The number of methoxy groups -OCH3 is 1. The Morgan fingerprint density at radius 2 is 1.79 bits per heavy atom. The molecule has 1 amide bonds. The molecule has 19 heavy (non-hydrogen) atoms. The Kier molecular flexibility index (Phi) is 8.86. The summed E-state index contributed by atoms with van der Waals surface area (Å²) >= 11 is 0. The average molecular weight is 273 g/mol. The van der Waals surface area contributed by atoms with Crippen LogP contribution in [0.4, 0.5) is 4.79 Å². The maximum absolute atomic E-state index is 11.1. The van der Waals surface area contributed by atoms with Gasteiger partial charge in [0.25, 0.3) is 0 Å². The van der Waals surface area contributed by atoms with Gasteiger partial charge < -0.3 is 19.5 Å². The van der Waals surface area contributed by atoms with Gasteiger partial charge in [-0.3, -0.25) is 0 Å². The molecule has 0 aromatic carbocycles. The summed E-state index contributed by atoms with van der Waals surface area (Å²) in [5.41, 5.74) is 0. The molecule has 0 heterocycles. The van der Waals surface area contributed by atoms with Gasteiger partial charge in [-0.05, 0) is 20.3 Å². The summed E-state index contributed by atoms with van der Waals surface area (Å²) in [6.07, 6.45) is 1.71. The number of rotatable bonds is 7. The van der Waals surface area contributed by atoms with E-state index in [1.165, 1.54) is 7.11 Å². The maximum Gasteiger partial charge on any atom is 0.407 e. The first kappa shape index (κ1) is 16.9.